The van der Waals surface area contributed by atoms with Crippen LogP contribution >= 0.6 is 0 Å². The van der Waals surface area contributed by atoms with Gasteiger partial charge in [-0.2, -0.15) is 4.98 Å². The molecule has 1 saturated heterocycles. The van der Waals surface area contributed by atoms with Gasteiger partial charge < -0.3 is 9.51 Å². The van der Waals surface area contributed by atoms with Crippen LogP contribution in [0.4, 0.5) is 0 Å². The smallest absolute Gasteiger partial charge is 0.226 e. The van der Waals surface area contributed by atoms with Crippen molar-refractivity contribution in [3.63, 3.8) is 0 Å². The third-order valence-corrected chi connectivity index (χ3v) is 3.36. The first-order valence-corrected chi connectivity index (χ1v) is 6.41. The highest BCUT2D eigenvalue weighted by molar-refractivity contribution is 4.99. The molecule has 0 unspecified atom stereocenters. The zero-order valence-corrected chi connectivity index (χ0v) is 10.5. The van der Waals surface area contributed by atoms with Crippen LogP contribution in [0, 0.1) is 0 Å². The molecule has 6 heteroatoms. The van der Waals surface area contributed by atoms with Crippen molar-refractivity contribution in [2.75, 3.05) is 6.54 Å². The summed E-state index contributed by atoms with van der Waals surface area (Å²) in [4.78, 5) is 14.2. The average Bonchev–Trinajstić information content (AvgIpc) is 3.09. The molecule has 18 heavy (non-hydrogen) atoms. The summed E-state index contributed by atoms with van der Waals surface area (Å²) in [5.41, 5.74) is 0. The first kappa shape index (κ1) is 11.4. The summed E-state index contributed by atoms with van der Waals surface area (Å²) < 4.78 is 5.20. The van der Waals surface area contributed by atoms with Gasteiger partial charge in [0.1, 0.15) is 5.82 Å². The van der Waals surface area contributed by atoms with E-state index in [0.717, 1.165) is 43.5 Å². The maximum Gasteiger partial charge on any atom is 0.226 e. The fourth-order valence-electron chi connectivity index (χ4n) is 2.43. The molecule has 2 aromatic heterocycles. The Morgan fingerprint density at radius 3 is 3.22 bits per heavy atom. The van der Waals surface area contributed by atoms with Gasteiger partial charge in [-0.15, -0.1) is 0 Å². The zero-order chi connectivity index (χ0) is 12.4. The van der Waals surface area contributed by atoms with Crippen molar-refractivity contribution in [1.82, 2.24) is 25.0 Å². The Hall–Kier alpha value is -1.69. The molecule has 0 bridgehead atoms. The van der Waals surface area contributed by atoms with Crippen LogP contribution in [0.1, 0.15) is 43.3 Å². The Kier molecular flexibility index (Phi) is 3.10. The van der Waals surface area contributed by atoms with E-state index in [1.54, 1.807) is 6.20 Å². The third-order valence-electron chi connectivity index (χ3n) is 3.36. The molecule has 1 fully saturated rings. The predicted octanol–water partition coefficient (Wildman–Crippen LogP) is 1.69. The Balaban J connectivity index is 1.74. The van der Waals surface area contributed by atoms with Crippen molar-refractivity contribution in [2.24, 2.45) is 0 Å². The number of aromatic amines is 1. The van der Waals surface area contributed by atoms with Gasteiger partial charge in [-0.05, 0) is 19.4 Å². The molecule has 0 aromatic carbocycles. The average molecular weight is 247 g/mol. The summed E-state index contributed by atoms with van der Waals surface area (Å²) in [7, 11) is 0. The molecular formula is C12H17N5O. The summed E-state index contributed by atoms with van der Waals surface area (Å²) in [6.45, 7) is 3.89. The van der Waals surface area contributed by atoms with Gasteiger partial charge >= 0.3 is 0 Å². The lowest BCUT2D eigenvalue weighted by Crippen LogP contribution is -2.24. The van der Waals surface area contributed by atoms with Crippen molar-refractivity contribution in [1.29, 1.82) is 0 Å². The van der Waals surface area contributed by atoms with Crippen LogP contribution in [0.2, 0.25) is 0 Å². The third kappa shape index (κ3) is 2.15. The normalized spacial score (nSPS) is 20.6. The Bertz CT molecular complexity index is 492. The standard InChI is InChI=1S/C12H17N5O/c1-2-11-15-12(16-18-11)9-4-3-7-17(9)8-10-13-5-6-14-10/h5-6,9H,2-4,7-8H2,1H3,(H,13,14)/t9-/m0/s1. The molecule has 1 aliphatic heterocycles. The fraction of sp³-hybridized carbons (Fsp3) is 0.583. The van der Waals surface area contributed by atoms with E-state index >= 15 is 0 Å². The minimum absolute atomic E-state index is 0.263. The van der Waals surface area contributed by atoms with Gasteiger partial charge in [-0.1, -0.05) is 12.1 Å². The van der Waals surface area contributed by atoms with Crippen LogP contribution in [-0.2, 0) is 13.0 Å². The molecule has 0 aliphatic carbocycles. The second-order valence-corrected chi connectivity index (χ2v) is 4.56. The molecule has 3 rings (SSSR count). The number of imidazole rings is 1. The van der Waals surface area contributed by atoms with E-state index in [2.05, 4.69) is 25.0 Å². The second-order valence-electron chi connectivity index (χ2n) is 4.56. The van der Waals surface area contributed by atoms with E-state index in [-0.39, 0.29) is 6.04 Å². The quantitative estimate of drug-likeness (QED) is 0.890. The molecule has 0 spiro atoms. The van der Waals surface area contributed by atoms with E-state index in [0.29, 0.717) is 0 Å². The lowest BCUT2D eigenvalue weighted by molar-refractivity contribution is 0.229. The first-order chi connectivity index (χ1) is 8.86. The van der Waals surface area contributed by atoms with Gasteiger partial charge in [0, 0.05) is 18.8 Å². The summed E-state index contributed by atoms with van der Waals surface area (Å²) in [6.07, 6.45) is 6.68. The number of hydrogen-bond acceptors (Lipinski definition) is 5. The maximum absolute atomic E-state index is 5.20. The van der Waals surface area contributed by atoms with Gasteiger partial charge in [0.05, 0.1) is 12.6 Å². The molecule has 96 valence electrons. The van der Waals surface area contributed by atoms with Crippen LogP contribution in [-0.4, -0.2) is 31.6 Å². The van der Waals surface area contributed by atoms with Crippen LogP contribution in [0.25, 0.3) is 0 Å². The van der Waals surface area contributed by atoms with Crippen molar-refractivity contribution in [2.45, 2.75) is 38.8 Å². The number of likely N-dealkylation sites (tertiary alicyclic amines) is 1. The van der Waals surface area contributed by atoms with Gasteiger partial charge in [0.15, 0.2) is 5.82 Å². The number of H-pyrrole nitrogens is 1. The minimum atomic E-state index is 0.263. The molecule has 1 aliphatic rings. The zero-order valence-electron chi connectivity index (χ0n) is 10.5. The van der Waals surface area contributed by atoms with Crippen LogP contribution in [0.15, 0.2) is 16.9 Å². The van der Waals surface area contributed by atoms with Crippen molar-refractivity contribution in [3.8, 4) is 0 Å². The Labute approximate surface area is 105 Å². The monoisotopic (exact) mass is 247 g/mol. The van der Waals surface area contributed by atoms with Gasteiger partial charge in [0.25, 0.3) is 0 Å². The lowest BCUT2D eigenvalue weighted by atomic mass is 10.2. The van der Waals surface area contributed by atoms with Gasteiger partial charge in [-0.3, -0.25) is 4.90 Å². The topological polar surface area (TPSA) is 70.8 Å². The molecule has 6 nitrogen and oxygen atoms in total. The van der Waals surface area contributed by atoms with E-state index in [9.17, 15) is 0 Å². The van der Waals surface area contributed by atoms with Crippen LogP contribution < -0.4 is 0 Å². The van der Waals surface area contributed by atoms with E-state index in [4.69, 9.17) is 4.52 Å². The van der Waals surface area contributed by atoms with Gasteiger partial charge in [0.2, 0.25) is 5.89 Å². The first-order valence-electron chi connectivity index (χ1n) is 6.41. The highest BCUT2D eigenvalue weighted by atomic mass is 16.5. The SMILES string of the molecule is CCc1nc([C@@H]2CCCN2Cc2ncc[nH]2)no1. The number of nitrogens with zero attached hydrogens (tertiary/aromatic N) is 4. The summed E-state index contributed by atoms with van der Waals surface area (Å²) in [6, 6.07) is 0.263. The van der Waals surface area contributed by atoms with Crippen LogP contribution in [0.3, 0.4) is 0 Å². The number of aromatic nitrogens is 4. The molecular weight excluding hydrogens is 230 g/mol. The molecule has 0 saturated carbocycles. The number of rotatable bonds is 4. The largest absolute Gasteiger partial charge is 0.348 e. The summed E-state index contributed by atoms with van der Waals surface area (Å²) in [5, 5.41) is 4.09. The van der Waals surface area contributed by atoms with Crippen molar-refractivity contribution < 1.29 is 4.52 Å². The highest BCUT2D eigenvalue weighted by Crippen LogP contribution is 2.30. The van der Waals surface area contributed by atoms with E-state index in [1.165, 1.54) is 6.42 Å². The van der Waals surface area contributed by atoms with Crippen LogP contribution in [0.5, 0.6) is 0 Å². The molecule has 1 atom stereocenters. The molecule has 0 radical (unpaired) electrons. The highest BCUT2D eigenvalue weighted by Gasteiger charge is 2.30. The minimum Gasteiger partial charge on any atom is -0.348 e. The van der Waals surface area contributed by atoms with Crippen molar-refractivity contribution >= 4 is 0 Å². The predicted molar refractivity (Wildman–Crippen MR) is 64.6 cm³/mol. The lowest BCUT2D eigenvalue weighted by Gasteiger charge is -2.20. The summed E-state index contributed by atoms with van der Waals surface area (Å²) >= 11 is 0. The number of nitrogens with one attached hydrogen (secondary N) is 1. The van der Waals surface area contributed by atoms with E-state index in [1.807, 2.05) is 13.1 Å². The maximum atomic E-state index is 5.20. The number of aryl methyl sites for hydroxylation is 1. The van der Waals surface area contributed by atoms with Gasteiger partial charge in [-0.25, -0.2) is 4.98 Å². The molecule has 1 N–H and O–H groups in total. The summed E-state index contributed by atoms with van der Waals surface area (Å²) in [5.74, 6) is 2.52. The molecule has 0 amide bonds. The fourth-order valence-corrected chi connectivity index (χ4v) is 2.43. The number of hydrogen-bond donors (Lipinski definition) is 1. The van der Waals surface area contributed by atoms with Crippen molar-refractivity contribution in [3.05, 3.63) is 29.9 Å². The molecule has 3 heterocycles. The Morgan fingerprint density at radius 2 is 2.50 bits per heavy atom. The second kappa shape index (κ2) is 4.89. The van der Waals surface area contributed by atoms with E-state index < -0.39 is 0 Å². The Morgan fingerprint density at radius 1 is 1.56 bits per heavy atom. The molecule has 2 aromatic rings.